The fourth-order valence-corrected chi connectivity index (χ4v) is 2.82. The molecule has 0 unspecified atom stereocenters. The van der Waals surface area contributed by atoms with Crippen molar-refractivity contribution in [3.8, 4) is 11.5 Å². The maximum Gasteiger partial charge on any atom is 0.124 e. The molecule has 0 spiro atoms. The highest BCUT2D eigenvalue weighted by Gasteiger charge is 2.01. The maximum atomic E-state index is 10.0. The van der Waals surface area contributed by atoms with Crippen molar-refractivity contribution in [2.75, 3.05) is 7.05 Å². The van der Waals surface area contributed by atoms with Crippen molar-refractivity contribution >= 4 is 28.4 Å². The van der Waals surface area contributed by atoms with E-state index in [1.54, 1.807) is 37.5 Å². The Labute approximate surface area is 179 Å². The highest BCUT2D eigenvalue weighted by Crippen LogP contribution is 2.22. The Morgan fingerprint density at radius 2 is 1.79 bits per heavy atom. The molecule has 0 amide bonds. The standard InChI is InChI=1S/C15H15BrN2O.C8H8O2/c1-17-18-10-13-7-8-14(9-15(13)16)19-11-12-5-3-2-4-6-12;9-5-4-7-2-1-3-8(10)6-7/h2-10,17H,11H2,1H3;1-3,5-6,10H,4H2/b18-10+;. The largest absolute Gasteiger partial charge is 0.508 e. The van der Waals surface area contributed by atoms with Crippen LogP contribution in [0.3, 0.4) is 0 Å². The van der Waals surface area contributed by atoms with Gasteiger partial charge in [-0.05, 0) is 57.4 Å². The quantitative estimate of drug-likeness (QED) is 0.308. The van der Waals surface area contributed by atoms with Gasteiger partial charge >= 0.3 is 0 Å². The molecule has 2 N–H and O–H groups in total. The molecule has 0 aliphatic heterocycles. The van der Waals surface area contributed by atoms with Crippen LogP contribution in [0.5, 0.6) is 11.5 Å². The number of hydrazone groups is 1. The summed E-state index contributed by atoms with van der Waals surface area (Å²) in [5, 5.41) is 12.9. The minimum absolute atomic E-state index is 0.208. The van der Waals surface area contributed by atoms with Gasteiger partial charge < -0.3 is 20.1 Å². The number of ether oxygens (including phenoxy) is 1. The lowest BCUT2D eigenvalue weighted by Gasteiger charge is -2.07. The first-order valence-corrected chi connectivity index (χ1v) is 9.79. The molecule has 0 radical (unpaired) electrons. The third kappa shape index (κ3) is 8.19. The molecule has 0 saturated heterocycles. The molecule has 3 rings (SSSR count). The van der Waals surface area contributed by atoms with E-state index in [9.17, 15) is 4.79 Å². The number of rotatable bonds is 7. The molecule has 3 aromatic carbocycles. The number of benzene rings is 3. The van der Waals surface area contributed by atoms with E-state index in [0.29, 0.717) is 13.0 Å². The summed E-state index contributed by atoms with van der Waals surface area (Å²) in [6.45, 7) is 0.567. The molecule has 0 atom stereocenters. The summed E-state index contributed by atoms with van der Waals surface area (Å²) >= 11 is 3.50. The molecule has 6 heteroatoms. The van der Waals surface area contributed by atoms with Gasteiger partial charge in [-0.2, -0.15) is 5.10 Å². The van der Waals surface area contributed by atoms with Gasteiger partial charge in [0.25, 0.3) is 0 Å². The zero-order chi connectivity index (χ0) is 20.9. The van der Waals surface area contributed by atoms with Crippen LogP contribution in [0.2, 0.25) is 0 Å². The number of carbonyl (C=O) groups is 1. The predicted molar refractivity (Wildman–Crippen MR) is 119 cm³/mol. The number of carbonyl (C=O) groups excluding carboxylic acids is 1. The van der Waals surface area contributed by atoms with Crippen LogP contribution >= 0.6 is 15.9 Å². The summed E-state index contributed by atoms with van der Waals surface area (Å²) < 4.78 is 6.70. The van der Waals surface area contributed by atoms with Crippen molar-refractivity contribution in [2.45, 2.75) is 13.0 Å². The Morgan fingerprint density at radius 3 is 2.45 bits per heavy atom. The summed E-state index contributed by atoms with van der Waals surface area (Å²) in [6, 6.07) is 22.6. The van der Waals surface area contributed by atoms with Crippen molar-refractivity contribution < 1.29 is 14.6 Å². The van der Waals surface area contributed by atoms with E-state index in [1.165, 1.54) is 0 Å². The number of nitrogens with one attached hydrogen (secondary N) is 1. The highest BCUT2D eigenvalue weighted by atomic mass is 79.9. The van der Waals surface area contributed by atoms with E-state index in [-0.39, 0.29) is 5.75 Å². The summed E-state index contributed by atoms with van der Waals surface area (Å²) in [7, 11) is 1.77. The predicted octanol–water partition coefficient (Wildman–Crippen LogP) is 4.72. The number of aldehydes is 1. The molecular weight excluding hydrogens is 432 g/mol. The van der Waals surface area contributed by atoms with Crippen molar-refractivity contribution in [2.24, 2.45) is 5.10 Å². The van der Waals surface area contributed by atoms with Crippen molar-refractivity contribution in [1.82, 2.24) is 5.43 Å². The number of aromatic hydroxyl groups is 1. The Kier molecular flexibility index (Phi) is 9.45. The van der Waals surface area contributed by atoms with Crippen LogP contribution in [0.15, 0.2) is 82.4 Å². The van der Waals surface area contributed by atoms with Gasteiger partial charge in [-0.1, -0.05) is 42.5 Å². The second kappa shape index (κ2) is 12.4. The molecule has 0 aliphatic carbocycles. The minimum atomic E-state index is 0.208. The van der Waals surface area contributed by atoms with Crippen LogP contribution < -0.4 is 10.2 Å². The molecule has 29 heavy (non-hydrogen) atoms. The monoisotopic (exact) mass is 454 g/mol. The summed E-state index contributed by atoms with van der Waals surface area (Å²) in [6.07, 6.45) is 2.94. The van der Waals surface area contributed by atoms with Crippen LogP contribution in [0, 0.1) is 0 Å². The van der Waals surface area contributed by atoms with Crippen LogP contribution in [0.25, 0.3) is 0 Å². The molecule has 150 valence electrons. The van der Waals surface area contributed by atoms with Gasteiger partial charge in [0.05, 0.1) is 6.21 Å². The lowest BCUT2D eigenvalue weighted by Crippen LogP contribution is -1.97. The van der Waals surface area contributed by atoms with E-state index in [1.807, 2.05) is 48.5 Å². The van der Waals surface area contributed by atoms with Crippen molar-refractivity contribution in [3.05, 3.63) is 94.0 Å². The summed E-state index contributed by atoms with van der Waals surface area (Å²) in [5.74, 6) is 1.04. The van der Waals surface area contributed by atoms with Gasteiger partial charge in [0.2, 0.25) is 0 Å². The molecule has 0 aliphatic rings. The average molecular weight is 455 g/mol. The lowest BCUT2D eigenvalue weighted by molar-refractivity contribution is -0.107. The first kappa shape index (κ1) is 22.2. The second-order valence-corrected chi connectivity index (χ2v) is 6.83. The lowest BCUT2D eigenvalue weighted by atomic mass is 10.2. The van der Waals surface area contributed by atoms with Gasteiger partial charge in [0, 0.05) is 23.5 Å². The number of hydrogen-bond donors (Lipinski definition) is 2. The number of phenols is 1. The van der Waals surface area contributed by atoms with Gasteiger partial charge in [0.15, 0.2) is 0 Å². The smallest absolute Gasteiger partial charge is 0.124 e. The van der Waals surface area contributed by atoms with E-state index < -0.39 is 0 Å². The Balaban J connectivity index is 0.000000253. The minimum Gasteiger partial charge on any atom is -0.508 e. The van der Waals surface area contributed by atoms with Crippen LogP contribution in [0.1, 0.15) is 16.7 Å². The van der Waals surface area contributed by atoms with Gasteiger partial charge in [-0.15, -0.1) is 0 Å². The van der Waals surface area contributed by atoms with E-state index in [0.717, 1.165) is 33.2 Å². The molecule has 0 fully saturated rings. The van der Waals surface area contributed by atoms with Crippen LogP contribution in [-0.4, -0.2) is 24.7 Å². The van der Waals surface area contributed by atoms with E-state index in [4.69, 9.17) is 9.84 Å². The number of hydrogen-bond acceptors (Lipinski definition) is 5. The van der Waals surface area contributed by atoms with E-state index in [2.05, 4.69) is 26.5 Å². The Hall–Kier alpha value is -3.12. The molecule has 0 bridgehead atoms. The second-order valence-electron chi connectivity index (χ2n) is 5.98. The van der Waals surface area contributed by atoms with Crippen molar-refractivity contribution in [1.29, 1.82) is 0 Å². The Morgan fingerprint density at radius 1 is 1.03 bits per heavy atom. The topological polar surface area (TPSA) is 70.9 Å². The first-order valence-electron chi connectivity index (χ1n) is 9.00. The average Bonchev–Trinajstić information content (AvgIpc) is 2.73. The SMILES string of the molecule is CN/N=C/c1ccc(OCc2ccccc2)cc1Br.O=CCc1cccc(O)c1. The molecule has 3 aromatic rings. The molecule has 0 saturated carbocycles. The van der Waals surface area contributed by atoms with Gasteiger partial charge in [-0.25, -0.2) is 0 Å². The summed E-state index contributed by atoms with van der Waals surface area (Å²) in [4.78, 5) is 10.0. The van der Waals surface area contributed by atoms with Gasteiger partial charge in [-0.3, -0.25) is 0 Å². The molecule has 0 aromatic heterocycles. The molecular formula is C23H23BrN2O3. The number of phenolic OH excluding ortho intramolecular Hbond substituents is 1. The number of nitrogens with zero attached hydrogens (tertiary/aromatic N) is 1. The van der Waals surface area contributed by atoms with Crippen LogP contribution in [-0.2, 0) is 17.8 Å². The van der Waals surface area contributed by atoms with Crippen LogP contribution in [0.4, 0.5) is 0 Å². The molecule has 0 heterocycles. The first-order chi connectivity index (χ1) is 14.1. The van der Waals surface area contributed by atoms with Gasteiger partial charge in [0.1, 0.15) is 24.4 Å². The third-order valence-electron chi connectivity index (χ3n) is 3.78. The normalized spacial score (nSPS) is 10.1. The zero-order valence-corrected chi connectivity index (χ0v) is 17.7. The Bertz CT molecular complexity index is 930. The summed E-state index contributed by atoms with van der Waals surface area (Å²) in [5.41, 5.74) is 5.72. The fraction of sp³-hybridized carbons (Fsp3) is 0.130. The molecule has 5 nitrogen and oxygen atoms in total. The third-order valence-corrected chi connectivity index (χ3v) is 4.47. The van der Waals surface area contributed by atoms with E-state index >= 15 is 0 Å². The fourth-order valence-electron chi connectivity index (χ4n) is 2.36. The van der Waals surface area contributed by atoms with Crippen molar-refractivity contribution in [3.63, 3.8) is 0 Å². The number of halogens is 1. The highest BCUT2D eigenvalue weighted by molar-refractivity contribution is 9.10. The zero-order valence-electron chi connectivity index (χ0n) is 16.1. The maximum absolute atomic E-state index is 10.0.